The van der Waals surface area contributed by atoms with Crippen LogP contribution in [0.15, 0.2) is 9.85 Å². The van der Waals surface area contributed by atoms with Gasteiger partial charge in [-0.05, 0) is 42.8 Å². The molecule has 1 unspecified atom stereocenters. The number of aliphatic carboxylic acids is 1. The molecule has 1 amide bonds. The number of nitrogens with one attached hydrogen (secondary N) is 1. The van der Waals surface area contributed by atoms with Crippen LogP contribution in [-0.2, 0) is 9.53 Å². The number of ether oxygens (including phenoxy) is 1. The Kier molecular flexibility index (Phi) is 5.85. The van der Waals surface area contributed by atoms with Gasteiger partial charge in [-0.15, -0.1) is 11.3 Å². The Morgan fingerprint density at radius 3 is 2.55 bits per heavy atom. The Morgan fingerprint density at radius 2 is 2.15 bits per heavy atom. The van der Waals surface area contributed by atoms with E-state index in [1.165, 1.54) is 11.3 Å². The second-order valence-corrected chi connectivity index (χ2v) is 7.88. The SMILES string of the molecule is CC(C)(C)OC(=O)NC(CC(=O)O)c1cc(Cl)c(Br)s1. The summed E-state index contributed by atoms with van der Waals surface area (Å²) in [4.78, 5) is 23.3. The summed E-state index contributed by atoms with van der Waals surface area (Å²) < 4.78 is 5.82. The molecule has 1 atom stereocenters. The molecule has 0 aromatic carbocycles. The summed E-state index contributed by atoms with van der Waals surface area (Å²) >= 11 is 10.5. The Morgan fingerprint density at radius 1 is 1.55 bits per heavy atom. The van der Waals surface area contributed by atoms with Crippen LogP contribution in [-0.4, -0.2) is 22.8 Å². The molecule has 0 saturated carbocycles. The van der Waals surface area contributed by atoms with Crippen molar-refractivity contribution in [1.29, 1.82) is 0 Å². The number of carbonyl (C=O) groups excluding carboxylic acids is 1. The number of carbonyl (C=O) groups is 2. The van der Waals surface area contributed by atoms with Gasteiger partial charge in [0.15, 0.2) is 0 Å². The number of thiophene rings is 1. The molecule has 0 aliphatic heterocycles. The monoisotopic (exact) mass is 383 g/mol. The van der Waals surface area contributed by atoms with Crippen molar-refractivity contribution in [1.82, 2.24) is 5.32 Å². The molecule has 1 aromatic heterocycles. The highest BCUT2D eigenvalue weighted by molar-refractivity contribution is 9.11. The average molecular weight is 385 g/mol. The number of alkyl carbamates (subject to hydrolysis) is 1. The zero-order chi connectivity index (χ0) is 15.5. The van der Waals surface area contributed by atoms with Crippen molar-refractivity contribution in [3.8, 4) is 0 Å². The molecule has 0 radical (unpaired) electrons. The summed E-state index contributed by atoms with van der Waals surface area (Å²) in [6.45, 7) is 5.20. The maximum atomic E-state index is 11.7. The average Bonchev–Trinajstić information content (AvgIpc) is 2.54. The molecule has 1 heterocycles. The molecule has 0 saturated heterocycles. The van der Waals surface area contributed by atoms with Crippen LogP contribution in [0, 0.1) is 0 Å². The van der Waals surface area contributed by atoms with Crippen LogP contribution in [0.25, 0.3) is 0 Å². The van der Waals surface area contributed by atoms with Crippen molar-refractivity contribution in [2.45, 2.75) is 38.8 Å². The van der Waals surface area contributed by atoms with E-state index in [1.54, 1.807) is 26.8 Å². The van der Waals surface area contributed by atoms with Crippen molar-refractivity contribution in [2.75, 3.05) is 0 Å². The molecule has 0 aliphatic carbocycles. The molecule has 1 rings (SSSR count). The fourth-order valence-corrected chi connectivity index (χ4v) is 3.18. The van der Waals surface area contributed by atoms with Crippen LogP contribution in [0.2, 0.25) is 5.02 Å². The number of carboxylic acid groups (broad SMARTS) is 1. The predicted octanol–water partition coefficient (Wildman–Crippen LogP) is 4.20. The summed E-state index contributed by atoms with van der Waals surface area (Å²) in [7, 11) is 0. The van der Waals surface area contributed by atoms with Gasteiger partial charge >= 0.3 is 12.1 Å². The van der Waals surface area contributed by atoms with E-state index < -0.39 is 23.7 Å². The first-order chi connectivity index (χ1) is 9.08. The Hall–Kier alpha value is -0.790. The molecule has 0 bridgehead atoms. The maximum Gasteiger partial charge on any atom is 0.408 e. The lowest BCUT2D eigenvalue weighted by molar-refractivity contribution is -0.137. The van der Waals surface area contributed by atoms with Gasteiger partial charge in [0.05, 0.1) is 21.3 Å². The molecule has 1 aromatic rings. The quantitative estimate of drug-likeness (QED) is 0.815. The lowest BCUT2D eigenvalue weighted by Gasteiger charge is -2.22. The second-order valence-electron chi connectivity index (χ2n) is 5.07. The van der Waals surface area contributed by atoms with Crippen LogP contribution >= 0.6 is 38.9 Å². The molecule has 0 aliphatic rings. The molecule has 0 fully saturated rings. The van der Waals surface area contributed by atoms with Gasteiger partial charge in [0.2, 0.25) is 0 Å². The highest BCUT2D eigenvalue weighted by Gasteiger charge is 2.24. The number of rotatable bonds is 4. The number of amides is 1. The molecular formula is C12H15BrClNO4S. The predicted molar refractivity (Wildman–Crippen MR) is 81.4 cm³/mol. The van der Waals surface area contributed by atoms with Gasteiger partial charge < -0.3 is 15.2 Å². The minimum Gasteiger partial charge on any atom is -0.481 e. The lowest BCUT2D eigenvalue weighted by atomic mass is 10.1. The third-order valence-electron chi connectivity index (χ3n) is 2.08. The van der Waals surface area contributed by atoms with Crippen LogP contribution in [0.4, 0.5) is 4.79 Å². The zero-order valence-corrected chi connectivity index (χ0v) is 14.4. The molecule has 2 N–H and O–H groups in total. The van der Waals surface area contributed by atoms with E-state index in [1.807, 2.05) is 0 Å². The van der Waals surface area contributed by atoms with E-state index in [2.05, 4.69) is 21.2 Å². The zero-order valence-electron chi connectivity index (χ0n) is 11.2. The maximum absolute atomic E-state index is 11.7. The van der Waals surface area contributed by atoms with Crippen LogP contribution in [0.5, 0.6) is 0 Å². The summed E-state index contributed by atoms with van der Waals surface area (Å²) in [5, 5.41) is 12.0. The van der Waals surface area contributed by atoms with E-state index in [4.69, 9.17) is 21.4 Å². The van der Waals surface area contributed by atoms with Crippen molar-refractivity contribution < 1.29 is 19.4 Å². The number of carboxylic acids is 1. The topological polar surface area (TPSA) is 75.6 Å². The van der Waals surface area contributed by atoms with E-state index in [0.717, 1.165) is 0 Å². The minimum absolute atomic E-state index is 0.247. The highest BCUT2D eigenvalue weighted by atomic mass is 79.9. The Bertz CT molecular complexity index is 493. The summed E-state index contributed by atoms with van der Waals surface area (Å²) in [5.74, 6) is -1.02. The van der Waals surface area contributed by atoms with Crippen molar-refractivity contribution in [2.24, 2.45) is 0 Å². The molecule has 8 heteroatoms. The van der Waals surface area contributed by atoms with Gasteiger partial charge in [-0.1, -0.05) is 11.6 Å². The smallest absolute Gasteiger partial charge is 0.408 e. The Labute approximate surface area is 134 Å². The molecule has 20 heavy (non-hydrogen) atoms. The number of hydrogen-bond donors (Lipinski definition) is 2. The number of halogens is 2. The van der Waals surface area contributed by atoms with E-state index in [9.17, 15) is 9.59 Å². The van der Waals surface area contributed by atoms with Gasteiger partial charge in [0, 0.05) is 4.88 Å². The summed E-state index contributed by atoms with van der Waals surface area (Å²) in [6, 6.07) is 0.942. The van der Waals surface area contributed by atoms with Crippen LogP contribution < -0.4 is 5.32 Å². The molecular weight excluding hydrogens is 370 g/mol. The first-order valence-electron chi connectivity index (χ1n) is 5.74. The standard InChI is InChI=1S/C12H15BrClNO4S/c1-12(2,3)19-11(18)15-7(5-9(16)17)8-4-6(14)10(13)20-8/h4,7H,5H2,1-3H3,(H,15,18)(H,16,17). The van der Waals surface area contributed by atoms with Crippen LogP contribution in [0.3, 0.4) is 0 Å². The normalized spacial score (nSPS) is 12.8. The van der Waals surface area contributed by atoms with Gasteiger partial charge in [-0.25, -0.2) is 4.79 Å². The molecule has 112 valence electrons. The molecule has 5 nitrogen and oxygen atoms in total. The fourth-order valence-electron chi connectivity index (χ4n) is 1.38. The third-order valence-corrected chi connectivity index (χ3v) is 4.67. The summed E-state index contributed by atoms with van der Waals surface area (Å²) in [5.41, 5.74) is -0.647. The lowest BCUT2D eigenvalue weighted by Crippen LogP contribution is -2.35. The van der Waals surface area contributed by atoms with E-state index in [-0.39, 0.29) is 6.42 Å². The Balaban J connectivity index is 2.85. The van der Waals surface area contributed by atoms with Crippen LogP contribution in [0.1, 0.15) is 38.1 Å². The third kappa shape index (κ3) is 5.68. The van der Waals surface area contributed by atoms with Gasteiger partial charge in [0.1, 0.15) is 5.60 Å². The first kappa shape index (κ1) is 17.3. The second kappa shape index (κ2) is 6.78. The molecule has 0 spiro atoms. The van der Waals surface area contributed by atoms with Crippen molar-refractivity contribution in [3.05, 3.63) is 19.8 Å². The van der Waals surface area contributed by atoms with Crippen molar-refractivity contribution in [3.63, 3.8) is 0 Å². The van der Waals surface area contributed by atoms with E-state index >= 15 is 0 Å². The highest BCUT2D eigenvalue weighted by Crippen LogP contribution is 2.36. The fraction of sp³-hybridized carbons (Fsp3) is 0.500. The van der Waals surface area contributed by atoms with Gasteiger partial charge in [0.25, 0.3) is 0 Å². The first-order valence-corrected chi connectivity index (χ1v) is 7.73. The number of hydrogen-bond acceptors (Lipinski definition) is 4. The van der Waals surface area contributed by atoms with Gasteiger partial charge in [-0.2, -0.15) is 0 Å². The van der Waals surface area contributed by atoms with Gasteiger partial charge in [-0.3, -0.25) is 4.79 Å². The van der Waals surface area contributed by atoms with Crippen molar-refractivity contribution >= 4 is 50.9 Å². The minimum atomic E-state index is -1.02. The van der Waals surface area contributed by atoms with E-state index in [0.29, 0.717) is 13.7 Å². The largest absolute Gasteiger partial charge is 0.481 e. The summed E-state index contributed by atoms with van der Waals surface area (Å²) in [6.07, 6.45) is -0.910.